The zero-order chi connectivity index (χ0) is 14.5. The van der Waals surface area contributed by atoms with E-state index in [0.717, 1.165) is 17.8 Å². The molecule has 0 saturated heterocycles. The molecule has 0 amide bonds. The standard InChI is InChI=1S/C11H18N2O4S2/c1-3-5-6-8(11(14)15)13-19(16,17)10-7-12-9(4-2)18-10/h7-8,13H,3-6H2,1-2H3,(H,14,15). The van der Waals surface area contributed by atoms with Crippen molar-refractivity contribution in [3.63, 3.8) is 0 Å². The largest absolute Gasteiger partial charge is 0.480 e. The first kappa shape index (κ1) is 16.1. The van der Waals surface area contributed by atoms with Gasteiger partial charge in [-0.2, -0.15) is 4.72 Å². The zero-order valence-corrected chi connectivity index (χ0v) is 12.6. The van der Waals surface area contributed by atoms with Crippen molar-refractivity contribution >= 4 is 27.3 Å². The normalized spacial score (nSPS) is 13.4. The summed E-state index contributed by atoms with van der Waals surface area (Å²) in [6.07, 6.45) is 3.67. The van der Waals surface area contributed by atoms with Gasteiger partial charge in [0, 0.05) is 0 Å². The van der Waals surface area contributed by atoms with Crippen LogP contribution in [-0.4, -0.2) is 30.5 Å². The van der Waals surface area contributed by atoms with E-state index in [9.17, 15) is 13.2 Å². The first-order valence-corrected chi connectivity index (χ1v) is 8.40. The second kappa shape index (κ2) is 6.97. The predicted octanol–water partition coefficient (Wildman–Crippen LogP) is 1.63. The van der Waals surface area contributed by atoms with E-state index in [4.69, 9.17) is 5.11 Å². The van der Waals surface area contributed by atoms with Crippen LogP contribution in [0, 0.1) is 0 Å². The van der Waals surface area contributed by atoms with Gasteiger partial charge in [-0.05, 0) is 12.8 Å². The molecule has 6 nitrogen and oxygen atoms in total. The Morgan fingerprint density at radius 1 is 1.53 bits per heavy atom. The maximum atomic E-state index is 12.0. The monoisotopic (exact) mass is 306 g/mol. The molecule has 1 unspecified atom stereocenters. The van der Waals surface area contributed by atoms with Gasteiger partial charge in [0.05, 0.1) is 11.2 Å². The lowest BCUT2D eigenvalue weighted by molar-refractivity contribution is -0.139. The van der Waals surface area contributed by atoms with Crippen LogP contribution in [0.2, 0.25) is 0 Å². The minimum absolute atomic E-state index is 0.0621. The lowest BCUT2D eigenvalue weighted by Gasteiger charge is -2.13. The topological polar surface area (TPSA) is 96.4 Å². The molecule has 2 N–H and O–H groups in total. The second-order valence-corrected chi connectivity index (χ2v) is 7.14. The van der Waals surface area contributed by atoms with Crippen molar-refractivity contribution in [2.45, 2.75) is 49.8 Å². The van der Waals surface area contributed by atoms with Crippen molar-refractivity contribution in [2.75, 3.05) is 0 Å². The molecular weight excluding hydrogens is 288 g/mol. The van der Waals surface area contributed by atoms with Gasteiger partial charge in [-0.1, -0.05) is 26.7 Å². The molecule has 0 aliphatic rings. The minimum Gasteiger partial charge on any atom is -0.480 e. The average Bonchev–Trinajstić information content (AvgIpc) is 2.83. The van der Waals surface area contributed by atoms with Crippen LogP contribution in [0.1, 0.15) is 38.1 Å². The van der Waals surface area contributed by atoms with Crippen molar-refractivity contribution in [3.05, 3.63) is 11.2 Å². The number of carbonyl (C=O) groups is 1. The van der Waals surface area contributed by atoms with Crippen LogP contribution in [0.5, 0.6) is 0 Å². The third-order valence-electron chi connectivity index (χ3n) is 2.54. The molecule has 1 rings (SSSR count). The number of carboxylic acid groups (broad SMARTS) is 1. The highest BCUT2D eigenvalue weighted by Gasteiger charge is 2.26. The first-order valence-electron chi connectivity index (χ1n) is 6.10. The van der Waals surface area contributed by atoms with Crippen LogP contribution in [0.25, 0.3) is 0 Å². The maximum Gasteiger partial charge on any atom is 0.321 e. The summed E-state index contributed by atoms with van der Waals surface area (Å²) in [5.74, 6) is -1.16. The number of sulfonamides is 1. The molecule has 0 aliphatic heterocycles. The number of hydrogen-bond donors (Lipinski definition) is 2. The van der Waals surface area contributed by atoms with E-state index < -0.39 is 22.0 Å². The minimum atomic E-state index is -3.80. The fraction of sp³-hybridized carbons (Fsp3) is 0.636. The third-order valence-corrected chi connectivity index (χ3v) is 5.62. The van der Waals surface area contributed by atoms with Crippen molar-refractivity contribution in [2.24, 2.45) is 0 Å². The summed E-state index contributed by atoms with van der Waals surface area (Å²) in [6, 6.07) is -1.09. The number of nitrogens with zero attached hydrogens (tertiary/aromatic N) is 1. The number of hydrogen-bond acceptors (Lipinski definition) is 5. The van der Waals surface area contributed by atoms with Crippen LogP contribution >= 0.6 is 11.3 Å². The Labute approximate surface area is 116 Å². The van der Waals surface area contributed by atoms with Crippen LogP contribution in [0.4, 0.5) is 0 Å². The molecule has 0 aliphatic carbocycles. The number of aryl methyl sites for hydroxylation is 1. The highest BCUT2D eigenvalue weighted by Crippen LogP contribution is 2.19. The summed E-state index contributed by atoms with van der Waals surface area (Å²) in [5.41, 5.74) is 0. The van der Waals surface area contributed by atoms with Gasteiger partial charge >= 0.3 is 5.97 Å². The molecule has 0 radical (unpaired) electrons. The van der Waals surface area contributed by atoms with E-state index in [0.29, 0.717) is 17.8 Å². The summed E-state index contributed by atoms with van der Waals surface area (Å²) in [7, 11) is -3.80. The van der Waals surface area contributed by atoms with Gasteiger partial charge < -0.3 is 5.11 Å². The zero-order valence-electron chi connectivity index (χ0n) is 10.9. The number of unbranched alkanes of at least 4 members (excludes halogenated alkanes) is 1. The van der Waals surface area contributed by atoms with Crippen molar-refractivity contribution in [1.82, 2.24) is 9.71 Å². The maximum absolute atomic E-state index is 12.0. The molecule has 1 atom stereocenters. The van der Waals surface area contributed by atoms with Crippen LogP contribution in [0.15, 0.2) is 10.4 Å². The average molecular weight is 306 g/mol. The van der Waals surface area contributed by atoms with E-state index in [1.807, 2.05) is 13.8 Å². The lowest BCUT2D eigenvalue weighted by Crippen LogP contribution is -2.40. The Morgan fingerprint density at radius 3 is 2.68 bits per heavy atom. The van der Waals surface area contributed by atoms with Gasteiger partial charge in [0.1, 0.15) is 6.04 Å². The lowest BCUT2D eigenvalue weighted by atomic mass is 10.1. The number of thiazole rings is 1. The molecule has 0 bridgehead atoms. The summed E-state index contributed by atoms with van der Waals surface area (Å²) in [4.78, 5) is 15.0. The summed E-state index contributed by atoms with van der Waals surface area (Å²) < 4.78 is 26.4. The van der Waals surface area contributed by atoms with Crippen LogP contribution in [0.3, 0.4) is 0 Å². The van der Waals surface area contributed by atoms with Crippen molar-refractivity contribution in [1.29, 1.82) is 0 Å². The van der Waals surface area contributed by atoms with Gasteiger partial charge in [0.25, 0.3) is 10.0 Å². The molecule has 1 aromatic heterocycles. The molecule has 0 fully saturated rings. The number of aromatic nitrogens is 1. The Hall–Kier alpha value is -0.990. The Morgan fingerprint density at radius 2 is 2.21 bits per heavy atom. The van der Waals surface area contributed by atoms with Gasteiger partial charge in [-0.15, -0.1) is 11.3 Å². The number of rotatable bonds is 8. The van der Waals surface area contributed by atoms with Gasteiger partial charge in [-0.3, -0.25) is 4.79 Å². The SMILES string of the molecule is CCCCC(NS(=O)(=O)c1cnc(CC)s1)C(=O)O. The fourth-order valence-electron chi connectivity index (χ4n) is 1.47. The van der Waals surface area contributed by atoms with Gasteiger partial charge in [-0.25, -0.2) is 13.4 Å². The highest BCUT2D eigenvalue weighted by molar-refractivity contribution is 7.91. The number of carboxylic acids is 1. The molecule has 8 heteroatoms. The number of nitrogens with one attached hydrogen (secondary N) is 1. The van der Waals surface area contributed by atoms with Crippen molar-refractivity contribution in [3.8, 4) is 0 Å². The van der Waals surface area contributed by atoms with Crippen molar-refractivity contribution < 1.29 is 18.3 Å². The van der Waals surface area contributed by atoms with E-state index in [2.05, 4.69) is 9.71 Å². The van der Waals surface area contributed by atoms with Crippen LogP contribution < -0.4 is 4.72 Å². The number of aliphatic carboxylic acids is 1. The summed E-state index contributed by atoms with van der Waals surface area (Å²) in [5, 5.41) is 9.73. The van der Waals surface area contributed by atoms with E-state index >= 15 is 0 Å². The molecule has 0 aromatic carbocycles. The molecule has 0 saturated carbocycles. The molecule has 0 spiro atoms. The Bertz CT molecular complexity index is 525. The van der Waals surface area contributed by atoms with E-state index in [1.165, 1.54) is 6.20 Å². The highest BCUT2D eigenvalue weighted by atomic mass is 32.2. The summed E-state index contributed by atoms with van der Waals surface area (Å²) in [6.45, 7) is 3.80. The fourth-order valence-corrected chi connectivity index (χ4v) is 3.83. The quantitative estimate of drug-likeness (QED) is 0.761. The third kappa shape index (κ3) is 4.55. The molecule has 1 aromatic rings. The van der Waals surface area contributed by atoms with Gasteiger partial charge in [0.15, 0.2) is 4.21 Å². The van der Waals surface area contributed by atoms with Crippen LogP contribution in [-0.2, 0) is 21.2 Å². The smallest absolute Gasteiger partial charge is 0.321 e. The molecular formula is C11H18N2O4S2. The second-order valence-electron chi connectivity index (χ2n) is 4.08. The summed E-state index contributed by atoms with van der Waals surface area (Å²) >= 11 is 1.06. The Balaban J connectivity index is 2.84. The van der Waals surface area contributed by atoms with E-state index in [1.54, 1.807) is 0 Å². The first-order chi connectivity index (χ1) is 8.90. The van der Waals surface area contributed by atoms with E-state index in [-0.39, 0.29) is 10.6 Å². The molecule has 1 heterocycles. The predicted molar refractivity (Wildman–Crippen MR) is 72.8 cm³/mol. The molecule has 108 valence electrons. The Kier molecular flexibility index (Phi) is 5.89. The molecule has 19 heavy (non-hydrogen) atoms. The van der Waals surface area contributed by atoms with Gasteiger partial charge in [0.2, 0.25) is 0 Å².